The van der Waals surface area contributed by atoms with E-state index >= 15 is 0 Å². The lowest BCUT2D eigenvalue weighted by Gasteiger charge is -2.32. The van der Waals surface area contributed by atoms with Crippen molar-refractivity contribution in [1.29, 1.82) is 0 Å². The van der Waals surface area contributed by atoms with Gasteiger partial charge < -0.3 is 38.6 Å². The van der Waals surface area contributed by atoms with Crippen LogP contribution in [0.3, 0.4) is 0 Å². The van der Waals surface area contributed by atoms with Gasteiger partial charge in [-0.3, -0.25) is 4.90 Å². The first-order chi connectivity index (χ1) is 26.1. The number of likely N-dealkylation sites (N-methyl/N-ethyl adjacent to an activating group) is 1. The Hall–Kier alpha value is -5.73. The lowest BCUT2D eigenvalue weighted by Crippen LogP contribution is -2.44. The molecule has 0 bridgehead atoms. The summed E-state index contributed by atoms with van der Waals surface area (Å²) in [5, 5.41) is 7.27. The summed E-state index contributed by atoms with van der Waals surface area (Å²) in [4.78, 5) is 33.9. The number of nitrogens with one attached hydrogen (secondary N) is 1. The van der Waals surface area contributed by atoms with Gasteiger partial charge in [0.2, 0.25) is 23.4 Å². The number of amides is 1. The van der Waals surface area contributed by atoms with Crippen LogP contribution in [-0.4, -0.2) is 96.6 Å². The minimum Gasteiger partial charge on any atom is -0.493 e. The molecule has 3 heterocycles. The third kappa shape index (κ3) is 9.43. The van der Waals surface area contributed by atoms with Crippen LogP contribution in [0.25, 0.3) is 11.4 Å². The Kier molecular flexibility index (Phi) is 12.2. The smallest absolute Gasteiger partial charge is 0.421 e. The highest BCUT2D eigenvalue weighted by Crippen LogP contribution is 2.41. The molecule has 0 saturated carbocycles. The van der Waals surface area contributed by atoms with Gasteiger partial charge in [0, 0.05) is 69.2 Å². The minimum atomic E-state index is -0.592. The van der Waals surface area contributed by atoms with Crippen LogP contribution in [0.2, 0.25) is 0 Å². The largest absolute Gasteiger partial charge is 0.493 e. The number of rotatable bonds is 14. The second kappa shape index (κ2) is 17.4. The summed E-state index contributed by atoms with van der Waals surface area (Å²) >= 11 is 0. The molecule has 5 aromatic rings. The number of ether oxygens (including phenoxy) is 4. The van der Waals surface area contributed by atoms with E-state index in [1.807, 2.05) is 63.2 Å². The second-order valence-electron chi connectivity index (χ2n) is 13.4. The Morgan fingerprint density at radius 2 is 1.61 bits per heavy atom. The topological polar surface area (TPSA) is 140 Å². The zero-order valence-corrected chi connectivity index (χ0v) is 32.0. The normalized spacial score (nSPS) is 13.4. The molecule has 6 rings (SSSR count). The highest BCUT2D eigenvalue weighted by molar-refractivity contribution is 5.88. The van der Waals surface area contributed by atoms with E-state index in [1.54, 1.807) is 39.5 Å². The third-order valence-corrected chi connectivity index (χ3v) is 9.19. The van der Waals surface area contributed by atoms with Gasteiger partial charge in [0.05, 0.1) is 27.4 Å². The number of aromatic nitrogens is 4. The van der Waals surface area contributed by atoms with E-state index < -0.39 is 6.09 Å². The standard InChI is InChI=1S/C40H48N8O6/c1-26-21-27(2)36(28(3)22-26)53-40(49)48(25-30-9-11-31(12-10-30)38-42-29(4)54-45-38)35-13-14-41-39(44-35)43-32-23-33(50-6)37(51-7)34(24-32)52-20-8-15-47-18-16-46(5)17-19-47/h9-14,21-24H,8,15-20,25H2,1-7H3,(H,41,43,44). The molecule has 1 fully saturated rings. The summed E-state index contributed by atoms with van der Waals surface area (Å²) in [5.74, 6) is 3.57. The van der Waals surface area contributed by atoms with Crippen molar-refractivity contribution < 1.29 is 28.3 Å². The van der Waals surface area contributed by atoms with Crippen LogP contribution in [0.1, 0.15) is 34.6 Å². The quantitative estimate of drug-likeness (QED) is 0.120. The van der Waals surface area contributed by atoms with Gasteiger partial charge >= 0.3 is 6.09 Å². The molecule has 14 heteroatoms. The van der Waals surface area contributed by atoms with Crippen molar-refractivity contribution in [3.63, 3.8) is 0 Å². The van der Waals surface area contributed by atoms with E-state index in [0.717, 1.165) is 67.0 Å². The maximum atomic E-state index is 14.0. The van der Waals surface area contributed by atoms with E-state index in [9.17, 15) is 4.79 Å². The molecular formula is C40H48N8O6. The molecular weight excluding hydrogens is 688 g/mol. The fraction of sp³-hybridized carbons (Fsp3) is 0.375. The number of anilines is 3. The van der Waals surface area contributed by atoms with Crippen molar-refractivity contribution in [2.45, 2.75) is 40.7 Å². The maximum Gasteiger partial charge on any atom is 0.421 e. The molecule has 284 valence electrons. The van der Waals surface area contributed by atoms with Crippen LogP contribution in [0.4, 0.5) is 22.2 Å². The molecule has 3 aromatic carbocycles. The molecule has 1 N–H and O–H groups in total. The summed E-state index contributed by atoms with van der Waals surface area (Å²) in [5.41, 5.74) is 5.03. The third-order valence-electron chi connectivity index (χ3n) is 9.19. The molecule has 1 saturated heterocycles. The zero-order chi connectivity index (χ0) is 38.2. The molecule has 1 aliphatic rings. The Morgan fingerprint density at radius 3 is 2.28 bits per heavy atom. The first kappa shape index (κ1) is 38.0. The monoisotopic (exact) mass is 736 g/mol. The second-order valence-corrected chi connectivity index (χ2v) is 13.4. The lowest BCUT2D eigenvalue weighted by molar-refractivity contribution is 0.145. The number of aryl methyl sites for hydroxylation is 4. The Bertz CT molecular complexity index is 2020. The molecule has 14 nitrogen and oxygen atoms in total. The van der Waals surface area contributed by atoms with Gasteiger partial charge in [-0.25, -0.2) is 9.78 Å². The molecule has 0 atom stereocenters. The van der Waals surface area contributed by atoms with Crippen molar-refractivity contribution in [2.75, 3.05) is 70.8 Å². The molecule has 2 aromatic heterocycles. The van der Waals surface area contributed by atoms with Gasteiger partial charge in [0.15, 0.2) is 11.5 Å². The number of methoxy groups -OCH3 is 2. The van der Waals surface area contributed by atoms with Gasteiger partial charge in [-0.05, 0) is 57.0 Å². The highest BCUT2D eigenvalue weighted by atomic mass is 16.6. The maximum absolute atomic E-state index is 14.0. The van der Waals surface area contributed by atoms with E-state index in [1.165, 1.54) is 4.90 Å². The summed E-state index contributed by atoms with van der Waals surface area (Å²) in [6.45, 7) is 13.5. The van der Waals surface area contributed by atoms with Gasteiger partial charge in [0.25, 0.3) is 0 Å². The number of nitrogens with zero attached hydrogens (tertiary/aromatic N) is 7. The van der Waals surface area contributed by atoms with Crippen molar-refractivity contribution in [1.82, 2.24) is 29.9 Å². The van der Waals surface area contributed by atoms with Crippen LogP contribution in [0.5, 0.6) is 23.0 Å². The predicted molar refractivity (Wildman–Crippen MR) is 206 cm³/mol. The van der Waals surface area contributed by atoms with Gasteiger partial charge in [0.1, 0.15) is 11.6 Å². The summed E-state index contributed by atoms with van der Waals surface area (Å²) in [6, 6.07) is 16.8. The molecule has 0 unspecified atom stereocenters. The number of piperazine rings is 1. The number of carbonyl (C=O) groups excluding carboxylic acids is 1. The van der Waals surface area contributed by atoms with Crippen LogP contribution in [0, 0.1) is 27.7 Å². The SMILES string of the molecule is COc1cc(Nc2nccc(N(Cc3ccc(-c4noc(C)n4)cc3)C(=O)Oc3c(C)cc(C)cc3C)n2)cc(OCCCN2CCN(C)CC2)c1OC. The molecule has 1 amide bonds. The van der Waals surface area contributed by atoms with Crippen molar-refractivity contribution in [2.24, 2.45) is 0 Å². The Balaban J connectivity index is 1.23. The number of benzene rings is 3. The first-order valence-electron chi connectivity index (χ1n) is 18.0. The van der Waals surface area contributed by atoms with E-state index in [0.29, 0.717) is 52.8 Å². The molecule has 0 spiro atoms. The molecule has 0 aliphatic carbocycles. The van der Waals surface area contributed by atoms with Crippen molar-refractivity contribution in [3.05, 3.63) is 88.9 Å². The Morgan fingerprint density at radius 1 is 0.889 bits per heavy atom. The summed E-state index contributed by atoms with van der Waals surface area (Å²) < 4.78 is 28.8. The number of hydrogen-bond acceptors (Lipinski definition) is 13. The zero-order valence-electron chi connectivity index (χ0n) is 32.0. The predicted octanol–water partition coefficient (Wildman–Crippen LogP) is 6.74. The number of hydrogen-bond donors (Lipinski definition) is 1. The molecule has 1 aliphatic heterocycles. The van der Waals surface area contributed by atoms with Gasteiger partial charge in [-0.1, -0.05) is 47.1 Å². The average molecular weight is 737 g/mol. The van der Waals surface area contributed by atoms with Gasteiger partial charge in [-0.2, -0.15) is 9.97 Å². The minimum absolute atomic E-state index is 0.160. The van der Waals surface area contributed by atoms with E-state index in [2.05, 4.69) is 37.3 Å². The number of carbonyl (C=O) groups is 1. The van der Waals surface area contributed by atoms with Crippen LogP contribution in [-0.2, 0) is 6.54 Å². The van der Waals surface area contributed by atoms with Crippen molar-refractivity contribution >= 4 is 23.5 Å². The highest BCUT2D eigenvalue weighted by Gasteiger charge is 2.23. The van der Waals surface area contributed by atoms with Crippen molar-refractivity contribution in [3.8, 4) is 34.4 Å². The summed E-state index contributed by atoms with van der Waals surface area (Å²) in [7, 11) is 5.32. The van der Waals surface area contributed by atoms with Crippen LogP contribution >= 0.6 is 0 Å². The fourth-order valence-corrected chi connectivity index (χ4v) is 6.41. The van der Waals surface area contributed by atoms with Gasteiger partial charge in [-0.15, -0.1) is 0 Å². The van der Waals surface area contributed by atoms with Crippen LogP contribution < -0.4 is 29.2 Å². The summed E-state index contributed by atoms with van der Waals surface area (Å²) in [6.07, 6.45) is 1.86. The Labute approximate surface area is 316 Å². The fourth-order valence-electron chi connectivity index (χ4n) is 6.41. The molecule has 0 radical (unpaired) electrons. The molecule has 54 heavy (non-hydrogen) atoms. The van der Waals surface area contributed by atoms with E-state index in [4.69, 9.17) is 28.5 Å². The van der Waals surface area contributed by atoms with Crippen LogP contribution in [0.15, 0.2) is 65.3 Å². The first-order valence-corrected chi connectivity index (χ1v) is 18.0. The lowest BCUT2D eigenvalue weighted by atomic mass is 10.1. The average Bonchev–Trinajstić information content (AvgIpc) is 3.60. The van der Waals surface area contributed by atoms with E-state index in [-0.39, 0.29) is 12.5 Å².